The first-order valence-corrected chi connectivity index (χ1v) is 13.3. The maximum absolute atomic E-state index is 12.8. The van der Waals surface area contributed by atoms with Crippen molar-refractivity contribution in [1.82, 2.24) is 19.9 Å². The number of rotatable bonds is 8. The lowest BCUT2D eigenvalue weighted by atomic mass is 10.2. The van der Waals surface area contributed by atoms with Crippen molar-refractivity contribution < 1.29 is 17.9 Å². The molecule has 0 amide bonds. The number of hydrogen-bond donors (Lipinski definition) is 2. The van der Waals surface area contributed by atoms with E-state index in [1.54, 1.807) is 18.2 Å². The summed E-state index contributed by atoms with van der Waals surface area (Å²) < 4.78 is 33.1. The number of anilines is 3. The molecule has 0 radical (unpaired) electrons. The van der Waals surface area contributed by atoms with E-state index in [0.717, 1.165) is 5.56 Å². The lowest BCUT2D eigenvalue weighted by Gasteiger charge is -2.09. The lowest BCUT2D eigenvalue weighted by Crippen LogP contribution is -2.14. The predicted octanol–water partition coefficient (Wildman–Crippen LogP) is 4.69. The van der Waals surface area contributed by atoms with Gasteiger partial charge in [-0.25, -0.2) is 37.9 Å². The molecule has 3 aromatic heterocycles. The fourth-order valence-corrected chi connectivity index (χ4v) is 5.54. The molecule has 2 aromatic carbocycles. The summed E-state index contributed by atoms with van der Waals surface area (Å²) in [4.78, 5) is 30.3. The summed E-state index contributed by atoms with van der Waals surface area (Å²) >= 11 is 1.23. The van der Waals surface area contributed by atoms with Crippen LogP contribution in [0.4, 0.5) is 17.5 Å². The van der Waals surface area contributed by atoms with Crippen LogP contribution in [0.2, 0.25) is 0 Å². The smallest absolute Gasteiger partial charge is 0.349 e. The normalized spacial score (nSPS) is 11.3. The molecule has 0 aliphatic carbocycles. The quantitative estimate of drug-likeness (QED) is 0.273. The molecule has 10 nitrogen and oxygen atoms in total. The van der Waals surface area contributed by atoms with Gasteiger partial charge in [0.1, 0.15) is 28.5 Å². The van der Waals surface area contributed by atoms with Gasteiger partial charge in [0, 0.05) is 18.1 Å². The fraction of sp³-hybridized carbons (Fsp3) is 0.0800. The molecule has 0 aliphatic heterocycles. The van der Waals surface area contributed by atoms with Crippen LogP contribution in [0.1, 0.15) is 20.8 Å². The minimum atomic E-state index is -3.85. The zero-order chi connectivity index (χ0) is 25.8. The molecular weight excluding hydrogens is 512 g/mol. The number of aryl methyl sites for hydroxylation is 1. The molecule has 2 N–H and O–H groups in total. The molecular formula is C25H20N6O4S2. The van der Waals surface area contributed by atoms with E-state index in [9.17, 15) is 13.2 Å². The van der Waals surface area contributed by atoms with Crippen molar-refractivity contribution in [3.8, 4) is 0 Å². The van der Waals surface area contributed by atoms with Crippen LogP contribution in [0, 0.1) is 6.92 Å². The molecule has 0 spiro atoms. The van der Waals surface area contributed by atoms with E-state index in [0.29, 0.717) is 32.2 Å². The minimum absolute atomic E-state index is 0.0147. The lowest BCUT2D eigenvalue weighted by molar-refractivity contribution is 0.0478. The Bertz CT molecular complexity index is 1660. The number of ether oxygens (including phenoxy) is 1. The van der Waals surface area contributed by atoms with E-state index in [1.165, 1.54) is 42.2 Å². The van der Waals surface area contributed by atoms with Gasteiger partial charge in [0.15, 0.2) is 0 Å². The first kappa shape index (κ1) is 24.3. The van der Waals surface area contributed by atoms with Crippen molar-refractivity contribution in [3.63, 3.8) is 0 Å². The van der Waals surface area contributed by atoms with Crippen LogP contribution >= 0.6 is 11.3 Å². The fourth-order valence-electron chi connectivity index (χ4n) is 3.53. The van der Waals surface area contributed by atoms with Gasteiger partial charge in [0.2, 0.25) is 5.95 Å². The predicted molar refractivity (Wildman–Crippen MR) is 140 cm³/mol. The highest BCUT2D eigenvalue weighted by molar-refractivity contribution is 7.92. The van der Waals surface area contributed by atoms with Crippen LogP contribution in [0.15, 0.2) is 84.3 Å². The SMILES string of the molecule is Cc1c(C(=O)OCc2ccccc2)sc2ncnc(Nc3ccc(S(=O)(=O)Nc4ncccn4)cc3)c12. The number of hydrogen-bond acceptors (Lipinski definition) is 10. The second-order valence-corrected chi connectivity index (χ2v) is 10.5. The van der Waals surface area contributed by atoms with Crippen molar-refractivity contribution in [3.05, 3.63) is 95.4 Å². The molecule has 0 unspecified atom stereocenters. The van der Waals surface area contributed by atoms with Crippen molar-refractivity contribution >= 4 is 55.0 Å². The van der Waals surface area contributed by atoms with Gasteiger partial charge in [0.05, 0.1) is 10.3 Å². The van der Waals surface area contributed by atoms with Crippen LogP contribution < -0.4 is 10.0 Å². The number of carbonyl (C=O) groups excluding carboxylic acids is 1. The van der Waals surface area contributed by atoms with Gasteiger partial charge >= 0.3 is 5.97 Å². The molecule has 3 heterocycles. The Balaban J connectivity index is 1.34. The van der Waals surface area contributed by atoms with Gasteiger partial charge in [-0.3, -0.25) is 0 Å². The van der Waals surface area contributed by atoms with Gasteiger partial charge in [-0.1, -0.05) is 30.3 Å². The Morgan fingerprint density at radius 3 is 2.41 bits per heavy atom. The topological polar surface area (TPSA) is 136 Å². The van der Waals surface area contributed by atoms with Crippen molar-refractivity contribution in [2.45, 2.75) is 18.4 Å². The molecule has 37 heavy (non-hydrogen) atoms. The van der Waals surface area contributed by atoms with Crippen LogP contribution in [-0.4, -0.2) is 34.3 Å². The van der Waals surface area contributed by atoms with E-state index < -0.39 is 16.0 Å². The summed E-state index contributed by atoms with van der Waals surface area (Å²) in [6, 6.07) is 17.2. The van der Waals surface area contributed by atoms with E-state index in [4.69, 9.17) is 4.74 Å². The average Bonchev–Trinajstić information content (AvgIpc) is 3.26. The van der Waals surface area contributed by atoms with Gasteiger partial charge < -0.3 is 10.1 Å². The van der Waals surface area contributed by atoms with E-state index in [1.807, 2.05) is 37.3 Å². The second kappa shape index (κ2) is 10.3. The average molecular weight is 533 g/mol. The number of thiophene rings is 1. The van der Waals surface area contributed by atoms with Gasteiger partial charge in [-0.2, -0.15) is 0 Å². The Morgan fingerprint density at radius 2 is 1.68 bits per heavy atom. The third kappa shape index (κ3) is 5.39. The molecule has 0 saturated carbocycles. The summed E-state index contributed by atoms with van der Waals surface area (Å²) in [6.45, 7) is 1.99. The number of nitrogens with zero attached hydrogens (tertiary/aromatic N) is 4. The minimum Gasteiger partial charge on any atom is -0.457 e. The monoisotopic (exact) mass is 532 g/mol. The molecule has 5 aromatic rings. The zero-order valence-corrected chi connectivity index (χ0v) is 21.1. The molecule has 0 atom stereocenters. The van der Waals surface area contributed by atoms with Crippen molar-refractivity contribution in [1.29, 1.82) is 0 Å². The highest BCUT2D eigenvalue weighted by Gasteiger charge is 2.21. The summed E-state index contributed by atoms with van der Waals surface area (Å²) in [6.07, 6.45) is 4.30. The van der Waals surface area contributed by atoms with Crippen LogP contribution in [0.5, 0.6) is 0 Å². The number of nitrogens with one attached hydrogen (secondary N) is 2. The Labute approximate surface area is 216 Å². The van der Waals surface area contributed by atoms with Crippen molar-refractivity contribution in [2.75, 3.05) is 10.0 Å². The first-order valence-electron chi connectivity index (χ1n) is 11.0. The molecule has 0 saturated heterocycles. The highest BCUT2D eigenvalue weighted by Crippen LogP contribution is 2.35. The zero-order valence-electron chi connectivity index (χ0n) is 19.5. The van der Waals surface area contributed by atoms with Gasteiger partial charge in [0.25, 0.3) is 10.0 Å². The number of carbonyl (C=O) groups is 1. The Morgan fingerprint density at radius 1 is 0.946 bits per heavy atom. The van der Waals surface area contributed by atoms with Crippen molar-refractivity contribution in [2.24, 2.45) is 0 Å². The first-order chi connectivity index (χ1) is 17.9. The number of benzene rings is 2. The number of aromatic nitrogens is 4. The summed E-state index contributed by atoms with van der Waals surface area (Å²) in [5.74, 6) is 0.0474. The van der Waals surface area contributed by atoms with Crippen LogP contribution in [0.25, 0.3) is 10.2 Å². The Hall–Kier alpha value is -4.42. The third-order valence-electron chi connectivity index (χ3n) is 5.34. The van der Waals surface area contributed by atoms with Crippen LogP contribution in [0.3, 0.4) is 0 Å². The number of fused-ring (bicyclic) bond motifs is 1. The van der Waals surface area contributed by atoms with E-state index >= 15 is 0 Å². The molecule has 0 aliphatic rings. The summed E-state index contributed by atoms with van der Waals surface area (Å²) in [5, 5.41) is 3.88. The number of sulfonamides is 1. The summed E-state index contributed by atoms with van der Waals surface area (Å²) in [7, 11) is -3.85. The molecule has 5 rings (SSSR count). The maximum Gasteiger partial charge on any atom is 0.349 e. The third-order valence-corrected chi connectivity index (χ3v) is 7.87. The van der Waals surface area contributed by atoms with E-state index in [2.05, 4.69) is 30.0 Å². The molecule has 186 valence electrons. The largest absolute Gasteiger partial charge is 0.457 e. The standard InChI is InChI=1S/C25H20N6O4S2/c1-16-20-22(28-15-29-23(20)36-21(16)24(32)35-14-17-6-3-2-4-7-17)30-18-8-10-19(11-9-18)37(33,34)31-25-26-12-5-13-27-25/h2-13,15H,14H2,1H3,(H,26,27,31)(H,28,29,30). The van der Waals surface area contributed by atoms with Crippen LogP contribution in [-0.2, 0) is 21.4 Å². The highest BCUT2D eigenvalue weighted by atomic mass is 32.2. The summed E-state index contributed by atoms with van der Waals surface area (Å²) in [5.41, 5.74) is 2.20. The molecule has 12 heteroatoms. The second-order valence-electron chi connectivity index (χ2n) is 7.85. The molecule has 0 bridgehead atoms. The van der Waals surface area contributed by atoms with E-state index in [-0.39, 0.29) is 17.5 Å². The molecule has 0 fully saturated rings. The van der Waals surface area contributed by atoms with Gasteiger partial charge in [-0.05, 0) is 48.4 Å². The Kier molecular flexibility index (Phi) is 6.75. The number of esters is 1. The van der Waals surface area contributed by atoms with Gasteiger partial charge in [-0.15, -0.1) is 11.3 Å². The maximum atomic E-state index is 12.8.